The summed E-state index contributed by atoms with van der Waals surface area (Å²) in [6.07, 6.45) is 10.6. The smallest absolute Gasteiger partial charge is 0.0518 e. The van der Waals surface area contributed by atoms with Crippen LogP contribution in [-0.2, 0) is 9.47 Å². The van der Waals surface area contributed by atoms with E-state index in [-0.39, 0.29) is 0 Å². The highest BCUT2D eigenvalue weighted by atomic mass is 79.9. The van der Waals surface area contributed by atoms with Crippen molar-refractivity contribution in [2.45, 2.75) is 39.2 Å². The molecule has 0 aromatic heterocycles. The lowest BCUT2D eigenvalue weighted by Crippen LogP contribution is -2.29. The summed E-state index contributed by atoms with van der Waals surface area (Å²) < 4.78 is 12.6. The van der Waals surface area contributed by atoms with Crippen molar-refractivity contribution in [1.82, 2.24) is 0 Å². The molecule has 2 unspecified atom stereocenters. The second-order valence-electron chi connectivity index (χ2n) is 5.78. The third-order valence-electron chi connectivity index (χ3n) is 4.10. The molecule has 1 aliphatic carbocycles. The molecule has 19 heavy (non-hydrogen) atoms. The molecule has 0 radical (unpaired) electrons. The van der Waals surface area contributed by atoms with E-state index in [0.29, 0.717) is 17.9 Å². The Labute approximate surface area is 125 Å². The number of allylic oxidation sites excluding steroid dienone is 4. The van der Waals surface area contributed by atoms with Crippen molar-refractivity contribution < 1.29 is 9.47 Å². The van der Waals surface area contributed by atoms with E-state index in [1.807, 2.05) is 0 Å². The number of rotatable bonds is 5. The summed E-state index contributed by atoms with van der Waals surface area (Å²) in [5, 5.41) is 0. The molecule has 2 atom stereocenters. The first-order chi connectivity index (χ1) is 9.18. The van der Waals surface area contributed by atoms with Crippen LogP contribution in [0, 0.1) is 17.8 Å². The van der Waals surface area contributed by atoms with Gasteiger partial charge in [-0.05, 0) is 55.3 Å². The molecule has 0 aromatic carbocycles. The van der Waals surface area contributed by atoms with Crippen LogP contribution in [0.2, 0.25) is 0 Å². The summed E-state index contributed by atoms with van der Waals surface area (Å²) >= 11 is 3.75. The van der Waals surface area contributed by atoms with E-state index in [2.05, 4.69) is 48.0 Å². The second-order valence-corrected chi connectivity index (χ2v) is 6.69. The second kappa shape index (κ2) is 7.61. The van der Waals surface area contributed by atoms with Gasteiger partial charge in [-0.2, -0.15) is 0 Å². The molecule has 1 heterocycles. The molecule has 1 saturated heterocycles. The Hall–Kier alpha value is -0.120. The van der Waals surface area contributed by atoms with Crippen LogP contribution >= 0.6 is 15.9 Å². The molecule has 2 nitrogen and oxygen atoms in total. The molecule has 1 aliphatic heterocycles. The van der Waals surface area contributed by atoms with Crippen molar-refractivity contribution in [3.05, 3.63) is 22.7 Å². The lowest BCUT2D eigenvalue weighted by atomic mass is 9.74. The molecule has 0 bridgehead atoms. The van der Waals surface area contributed by atoms with Gasteiger partial charge in [-0.15, -0.1) is 0 Å². The van der Waals surface area contributed by atoms with E-state index in [4.69, 9.17) is 9.47 Å². The van der Waals surface area contributed by atoms with Gasteiger partial charge in [0.25, 0.3) is 0 Å². The number of hydrogen-bond donors (Lipinski definition) is 0. The maximum atomic E-state index is 5.73. The first kappa shape index (κ1) is 15.3. The molecule has 0 amide bonds. The maximum absolute atomic E-state index is 5.73. The Bertz CT molecular complexity index is 330. The van der Waals surface area contributed by atoms with Crippen LogP contribution in [0.5, 0.6) is 0 Å². The maximum Gasteiger partial charge on any atom is 0.0518 e. The summed E-state index contributed by atoms with van der Waals surface area (Å²) in [6.45, 7) is 6.89. The summed E-state index contributed by atoms with van der Waals surface area (Å²) in [7, 11) is 0. The Balaban J connectivity index is 1.94. The van der Waals surface area contributed by atoms with Crippen molar-refractivity contribution in [2.24, 2.45) is 17.8 Å². The fourth-order valence-electron chi connectivity index (χ4n) is 3.06. The minimum Gasteiger partial charge on any atom is -0.381 e. The standard InChI is InChI=1S/C16H25BrO2/c1-12(2)19-11-8-15-14(4-3-5-16(15)17)13-6-9-18-10-7-13/h3-5,12-15H,6-11H2,1-2H3. The van der Waals surface area contributed by atoms with Gasteiger partial charge in [-0.25, -0.2) is 0 Å². The summed E-state index contributed by atoms with van der Waals surface area (Å²) in [5.74, 6) is 1.97. The molecular weight excluding hydrogens is 304 g/mol. The predicted octanol–water partition coefficient (Wildman–Crippen LogP) is 4.31. The summed E-state index contributed by atoms with van der Waals surface area (Å²) in [6, 6.07) is 0. The molecule has 0 aromatic rings. The first-order valence-electron chi connectivity index (χ1n) is 7.41. The minimum atomic E-state index is 0.323. The molecule has 0 N–H and O–H groups in total. The van der Waals surface area contributed by atoms with Crippen LogP contribution in [0.4, 0.5) is 0 Å². The third kappa shape index (κ3) is 4.44. The van der Waals surface area contributed by atoms with Gasteiger partial charge in [0, 0.05) is 19.8 Å². The Morgan fingerprint density at radius 1 is 1.37 bits per heavy atom. The van der Waals surface area contributed by atoms with E-state index >= 15 is 0 Å². The van der Waals surface area contributed by atoms with Crippen LogP contribution in [0.25, 0.3) is 0 Å². The van der Waals surface area contributed by atoms with Gasteiger partial charge < -0.3 is 9.47 Å². The van der Waals surface area contributed by atoms with Crippen LogP contribution in [-0.4, -0.2) is 25.9 Å². The zero-order valence-electron chi connectivity index (χ0n) is 12.0. The van der Waals surface area contributed by atoms with Gasteiger partial charge in [0.15, 0.2) is 0 Å². The fourth-order valence-corrected chi connectivity index (χ4v) is 3.75. The van der Waals surface area contributed by atoms with E-state index < -0.39 is 0 Å². The molecule has 3 heteroatoms. The molecular formula is C16H25BrO2. The van der Waals surface area contributed by atoms with Crippen molar-refractivity contribution in [2.75, 3.05) is 19.8 Å². The van der Waals surface area contributed by atoms with Crippen molar-refractivity contribution in [1.29, 1.82) is 0 Å². The lowest BCUT2D eigenvalue weighted by Gasteiger charge is -2.35. The zero-order chi connectivity index (χ0) is 13.7. The molecule has 2 rings (SSSR count). The van der Waals surface area contributed by atoms with Crippen LogP contribution in [0.1, 0.15) is 33.1 Å². The van der Waals surface area contributed by atoms with Crippen molar-refractivity contribution >= 4 is 15.9 Å². The fraction of sp³-hybridized carbons (Fsp3) is 0.750. The minimum absolute atomic E-state index is 0.323. The molecule has 108 valence electrons. The highest BCUT2D eigenvalue weighted by Gasteiger charge is 2.31. The Morgan fingerprint density at radius 3 is 2.79 bits per heavy atom. The van der Waals surface area contributed by atoms with Crippen molar-refractivity contribution in [3.63, 3.8) is 0 Å². The third-order valence-corrected chi connectivity index (χ3v) is 4.95. The molecule has 1 fully saturated rings. The van der Waals surface area contributed by atoms with Gasteiger partial charge in [0.2, 0.25) is 0 Å². The number of halogens is 1. The van der Waals surface area contributed by atoms with Gasteiger partial charge in [-0.3, -0.25) is 0 Å². The average molecular weight is 329 g/mol. The lowest BCUT2D eigenvalue weighted by molar-refractivity contribution is 0.0371. The topological polar surface area (TPSA) is 18.5 Å². The molecule has 0 saturated carbocycles. The number of ether oxygens (including phenoxy) is 2. The van der Waals surface area contributed by atoms with E-state index in [0.717, 1.165) is 32.2 Å². The zero-order valence-corrected chi connectivity index (χ0v) is 13.6. The summed E-state index contributed by atoms with van der Waals surface area (Å²) in [5.41, 5.74) is 0. The highest BCUT2D eigenvalue weighted by molar-refractivity contribution is 9.11. The average Bonchev–Trinajstić information content (AvgIpc) is 2.41. The van der Waals surface area contributed by atoms with E-state index in [1.54, 1.807) is 0 Å². The number of hydrogen-bond acceptors (Lipinski definition) is 2. The van der Waals surface area contributed by atoms with Gasteiger partial charge in [0.1, 0.15) is 0 Å². The first-order valence-corrected chi connectivity index (χ1v) is 8.21. The summed E-state index contributed by atoms with van der Waals surface area (Å²) in [4.78, 5) is 0. The van der Waals surface area contributed by atoms with Crippen LogP contribution in [0.3, 0.4) is 0 Å². The van der Waals surface area contributed by atoms with Crippen LogP contribution in [0.15, 0.2) is 22.7 Å². The largest absolute Gasteiger partial charge is 0.381 e. The van der Waals surface area contributed by atoms with Gasteiger partial charge in [0.05, 0.1) is 6.10 Å². The normalized spacial score (nSPS) is 28.7. The van der Waals surface area contributed by atoms with E-state index in [9.17, 15) is 0 Å². The van der Waals surface area contributed by atoms with Crippen LogP contribution < -0.4 is 0 Å². The van der Waals surface area contributed by atoms with Crippen molar-refractivity contribution in [3.8, 4) is 0 Å². The molecule has 2 aliphatic rings. The quantitative estimate of drug-likeness (QED) is 0.748. The molecule has 0 spiro atoms. The Kier molecular flexibility index (Phi) is 6.11. The van der Waals surface area contributed by atoms with Gasteiger partial charge in [-0.1, -0.05) is 34.2 Å². The predicted molar refractivity (Wildman–Crippen MR) is 82.4 cm³/mol. The van der Waals surface area contributed by atoms with Gasteiger partial charge >= 0.3 is 0 Å². The monoisotopic (exact) mass is 328 g/mol. The Morgan fingerprint density at radius 2 is 2.11 bits per heavy atom. The van der Waals surface area contributed by atoms with E-state index in [1.165, 1.54) is 17.3 Å². The SMILES string of the molecule is CC(C)OCCC1C(Br)=CC=CC1C1CCOCC1. The highest BCUT2D eigenvalue weighted by Crippen LogP contribution is 2.40.